The van der Waals surface area contributed by atoms with Gasteiger partial charge >= 0.3 is 6.61 Å². The topological polar surface area (TPSA) is 81.5 Å². The number of nitro groups is 1. The molecule has 24 heavy (non-hydrogen) atoms. The monoisotopic (exact) mass is 334 g/mol. The van der Waals surface area contributed by atoms with E-state index in [1.54, 1.807) is 6.07 Å². The first-order valence-electron chi connectivity index (χ1n) is 6.73. The Labute approximate surface area is 135 Å². The first-order chi connectivity index (χ1) is 11.5. The number of nitrogens with zero attached hydrogens (tertiary/aromatic N) is 1. The molecule has 0 bridgehead atoms. The zero-order chi connectivity index (χ0) is 17.5. The number of halogens is 2. The van der Waals surface area contributed by atoms with Crippen molar-refractivity contribution in [1.29, 1.82) is 0 Å². The molecule has 0 heterocycles. The maximum absolute atomic E-state index is 12.3. The van der Waals surface area contributed by atoms with Crippen molar-refractivity contribution in [3.63, 3.8) is 0 Å². The quantitative estimate of drug-likeness (QED) is 0.494. The van der Waals surface area contributed by atoms with E-state index in [-0.39, 0.29) is 17.1 Å². The Morgan fingerprint density at radius 3 is 2.46 bits per heavy atom. The van der Waals surface area contributed by atoms with Gasteiger partial charge in [-0.1, -0.05) is 12.1 Å². The number of carbonyl (C=O) groups is 1. The van der Waals surface area contributed by atoms with Gasteiger partial charge in [-0.05, 0) is 35.9 Å². The molecule has 1 N–H and O–H groups in total. The van der Waals surface area contributed by atoms with E-state index in [0.29, 0.717) is 5.56 Å². The van der Waals surface area contributed by atoms with Crippen LogP contribution >= 0.6 is 0 Å². The van der Waals surface area contributed by atoms with E-state index in [4.69, 9.17) is 0 Å². The van der Waals surface area contributed by atoms with Crippen LogP contribution in [0.25, 0.3) is 6.08 Å². The Bertz CT molecular complexity index is 761. The number of benzene rings is 2. The molecule has 6 nitrogen and oxygen atoms in total. The van der Waals surface area contributed by atoms with Crippen LogP contribution in [0.2, 0.25) is 0 Å². The summed E-state index contributed by atoms with van der Waals surface area (Å²) in [5, 5.41) is 13.0. The third-order valence-electron chi connectivity index (χ3n) is 2.89. The summed E-state index contributed by atoms with van der Waals surface area (Å²) in [5.74, 6) is -0.705. The molecule has 0 fully saturated rings. The van der Waals surface area contributed by atoms with Crippen molar-refractivity contribution in [3.8, 4) is 5.75 Å². The van der Waals surface area contributed by atoms with Gasteiger partial charge in [0.15, 0.2) is 0 Å². The molecular formula is C16H12F2N2O4. The summed E-state index contributed by atoms with van der Waals surface area (Å²) in [4.78, 5) is 21.9. The lowest BCUT2D eigenvalue weighted by molar-refractivity contribution is -0.384. The second-order valence-corrected chi connectivity index (χ2v) is 4.55. The molecule has 0 atom stereocenters. The zero-order valence-electron chi connectivity index (χ0n) is 12.2. The highest BCUT2D eigenvalue weighted by molar-refractivity contribution is 6.02. The molecule has 124 valence electrons. The molecule has 2 rings (SSSR count). The average molecular weight is 334 g/mol. The largest absolute Gasteiger partial charge is 0.433 e. The number of hydrogen-bond donors (Lipinski definition) is 1. The molecule has 8 heteroatoms. The Balaban J connectivity index is 2.04. The van der Waals surface area contributed by atoms with E-state index in [1.165, 1.54) is 54.6 Å². The highest BCUT2D eigenvalue weighted by Crippen LogP contribution is 2.25. The lowest BCUT2D eigenvalue weighted by atomic mass is 10.2. The van der Waals surface area contributed by atoms with Crippen molar-refractivity contribution in [2.45, 2.75) is 6.61 Å². The summed E-state index contributed by atoms with van der Waals surface area (Å²) in [5.41, 5.74) is 0.624. The van der Waals surface area contributed by atoms with Crippen molar-refractivity contribution in [3.05, 3.63) is 70.3 Å². The van der Waals surface area contributed by atoms with Crippen molar-refractivity contribution >= 4 is 23.4 Å². The lowest BCUT2D eigenvalue weighted by Crippen LogP contribution is -2.11. The lowest BCUT2D eigenvalue weighted by Gasteiger charge is -2.10. The second-order valence-electron chi connectivity index (χ2n) is 4.55. The molecule has 1 amide bonds. The van der Waals surface area contributed by atoms with Gasteiger partial charge in [-0.25, -0.2) is 0 Å². The predicted octanol–water partition coefficient (Wildman–Crippen LogP) is 3.85. The van der Waals surface area contributed by atoms with Gasteiger partial charge in [-0.3, -0.25) is 14.9 Å². The summed E-state index contributed by atoms with van der Waals surface area (Å²) in [6.07, 6.45) is 2.62. The smallest absolute Gasteiger partial charge is 0.387 e. The third kappa shape index (κ3) is 4.87. The number of ether oxygens (including phenoxy) is 1. The number of amides is 1. The van der Waals surface area contributed by atoms with Gasteiger partial charge in [0.1, 0.15) is 5.75 Å². The molecule has 0 radical (unpaired) electrons. The number of nitro benzene ring substituents is 1. The van der Waals surface area contributed by atoms with Crippen LogP contribution in [0.5, 0.6) is 5.75 Å². The Morgan fingerprint density at radius 2 is 1.83 bits per heavy atom. The van der Waals surface area contributed by atoms with Crippen molar-refractivity contribution in [2.24, 2.45) is 0 Å². The van der Waals surface area contributed by atoms with Crippen LogP contribution in [0.4, 0.5) is 20.2 Å². The van der Waals surface area contributed by atoms with Crippen LogP contribution in [0.3, 0.4) is 0 Å². The third-order valence-corrected chi connectivity index (χ3v) is 2.89. The van der Waals surface area contributed by atoms with Gasteiger partial charge in [-0.15, -0.1) is 0 Å². The zero-order valence-corrected chi connectivity index (χ0v) is 12.2. The molecule has 0 aromatic heterocycles. The number of non-ortho nitro benzene ring substituents is 1. The van der Waals surface area contributed by atoms with Crippen molar-refractivity contribution < 1.29 is 23.2 Å². The summed E-state index contributed by atoms with van der Waals surface area (Å²) in [7, 11) is 0. The van der Waals surface area contributed by atoms with E-state index in [9.17, 15) is 23.7 Å². The number of anilines is 1. The van der Waals surface area contributed by atoms with E-state index in [0.717, 1.165) is 0 Å². The maximum atomic E-state index is 12.3. The van der Waals surface area contributed by atoms with Gasteiger partial charge in [-0.2, -0.15) is 8.78 Å². The van der Waals surface area contributed by atoms with Crippen LogP contribution in [0, 0.1) is 10.1 Å². The van der Waals surface area contributed by atoms with Gasteiger partial charge in [0.2, 0.25) is 5.91 Å². The van der Waals surface area contributed by atoms with E-state index in [2.05, 4.69) is 10.1 Å². The van der Waals surface area contributed by atoms with Crippen LogP contribution in [0.1, 0.15) is 5.56 Å². The number of rotatable bonds is 6. The normalized spacial score (nSPS) is 10.8. The number of alkyl halides is 2. The first-order valence-corrected chi connectivity index (χ1v) is 6.73. The van der Waals surface area contributed by atoms with Gasteiger partial charge in [0, 0.05) is 18.2 Å². The molecule has 2 aromatic rings. The minimum Gasteiger partial charge on any atom is -0.433 e. The van der Waals surface area contributed by atoms with E-state index >= 15 is 0 Å². The summed E-state index contributed by atoms with van der Waals surface area (Å²) >= 11 is 0. The van der Waals surface area contributed by atoms with Crippen molar-refractivity contribution in [1.82, 2.24) is 0 Å². The maximum Gasteiger partial charge on any atom is 0.387 e. The minimum absolute atomic E-state index is 0.0605. The first kappa shape index (κ1) is 17.1. The number of nitrogens with one attached hydrogen (secondary N) is 1. The number of para-hydroxylation sites is 2. The fraction of sp³-hybridized carbons (Fsp3) is 0.0625. The minimum atomic E-state index is -3.00. The summed E-state index contributed by atoms with van der Waals surface area (Å²) < 4.78 is 28.9. The van der Waals surface area contributed by atoms with Crippen LogP contribution in [-0.2, 0) is 4.79 Å². The van der Waals surface area contributed by atoms with E-state index < -0.39 is 17.4 Å². The molecular weight excluding hydrogens is 322 g/mol. The molecule has 0 spiro atoms. The Hall–Kier alpha value is -3.29. The van der Waals surface area contributed by atoms with E-state index in [1.807, 2.05) is 0 Å². The van der Waals surface area contributed by atoms with Crippen LogP contribution in [-0.4, -0.2) is 17.4 Å². The molecule has 0 aliphatic heterocycles. The molecule has 0 aliphatic rings. The van der Waals surface area contributed by atoms with Gasteiger partial charge in [0.05, 0.1) is 10.6 Å². The molecule has 0 aliphatic carbocycles. The van der Waals surface area contributed by atoms with Gasteiger partial charge in [0.25, 0.3) is 5.69 Å². The standard InChI is InChI=1S/C16H12F2N2O4/c17-16(18)24-14-4-2-1-3-13(14)19-15(21)10-7-11-5-8-12(9-6-11)20(22)23/h1-10,16H,(H,19,21). The molecule has 0 saturated heterocycles. The van der Waals surface area contributed by atoms with Crippen LogP contribution < -0.4 is 10.1 Å². The highest BCUT2D eigenvalue weighted by atomic mass is 19.3. The Kier molecular flexibility index (Phi) is 5.56. The summed E-state index contributed by atoms with van der Waals surface area (Å²) in [6, 6.07) is 11.4. The summed E-state index contributed by atoms with van der Waals surface area (Å²) in [6.45, 7) is -3.00. The highest BCUT2D eigenvalue weighted by Gasteiger charge is 2.10. The molecule has 0 saturated carbocycles. The Morgan fingerprint density at radius 1 is 1.17 bits per heavy atom. The van der Waals surface area contributed by atoms with Gasteiger partial charge < -0.3 is 10.1 Å². The number of hydrogen-bond acceptors (Lipinski definition) is 4. The molecule has 0 unspecified atom stereocenters. The average Bonchev–Trinajstić information content (AvgIpc) is 2.54. The second kappa shape index (κ2) is 7.82. The molecule has 2 aromatic carbocycles. The van der Waals surface area contributed by atoms with Crippen LogP contribution in [0.15, 0.2) is 54.6 Å². The SMILES string of the molecule is O=C(C=Cc1ccc([N+](=O)[O-])cc1)Nc1ccccc1OC(F)F. The number of carbonyl (C=O) groups excluding carboxylic acids is 1. The van der Waals surface area contributed by atoms with Crippen molar-refractivity contribution in [2.75, 3.05) is 5.32 Å². The fourth-order valence-corrected chi connectivity index (χ4v) is 1.82. The fourth-order valence-electron chi connectivity index (χ4n) is 1.82. The predicted molar refractivity (Wildman–Crippen MR) is 83.8 cm³/mol.